The molecule has 0 amide bonds. The van der Waals surface area contributed by atoms with E-state index in [2.05, 4.69) is 4.90 Å². The Hall–Kier alpha value is -3.37. The van der Waals surface area contributed by atoms with Gasteiger partial charge in [-0.25, -0.2) is 0 Å². The molecule has 0 aliphatic carbocycles. The lowest BCUT2D eigenvalue weighted by Gasteiger charge is -2.20. The minimum atomic E-state index is -1.50. The van der Waals surface area contributed by atoms with Gasteiger partial charge in [-0.05, 0) is 60.6 Å². The predicted octanol–water partition coefficient (Wildman–Crippen LogP) is 3.22. The molecule has 1 aromatic heterocycles. The second kappa shape index (κ2) is 13.1. The zero-order chi connectivity index (χ0) is 27.9. The van der Waals surface area contributed by atoms with Crippen molar-refractivity contribution in [2.24, 2.45) is 0 Å². The molecule has 7 nitrogen and oxygen atoms in total. The molecule has 0 spiro atoms. The van der Waals surface area contributed by atoms with Gasteiger partial charge in [0.15, 0.2) is 6.29 Å². The summed E-state index contributed by atoms with van der Waals surface area (Å²) < 4.78 is 1.70. The van der Waals surface area contributed by atoms with Crippen molar-refractivity contribution in [3.05, 3.63) is 99.8 Å². The quantitative estimate of drug-likeness (QED) is 0.123. The molecule has 0 aliphatic rings. The molecule has 3 aromatic carbocycles. The number of rotatable bonds is 12. The highest BCUT2D eigenvalue weighted by Crippen LogP contribution is 2.32. The molecule has 0 saturated heterocycles. The third-order valence-electron chi connectivity index (χ3n) is 6.76. The van der Waals surface area contributed by atoms with Crippen LogP contribution in [0.2, 0.25) is 0 Å². The van der Waals surface area contributed by atoms with E-state index in [0.29, 0.717) is 24.8 Å². The number of fused-ring (bicyclic) bond motifs is 1. The Balaban J connectivity index is 1.57. The summed E-state index contributed by atoms with van der Waals surface area (Å²) in [6.07, 6.45) is 1.52. The fraction of sp³-hybridized carbons (Fsp3) is 0.267. The van der Waals surface area contributed by atoms with E-state index >= 15 is 0 Å². The van der Waals surface area contributed by atoms with Crippen LogP contribution in [-0.2, 0) is 13.1 Å². The molecule has 0 unspecified atom stereocenters. The SMILES string of the molecule is CN(CCCSc1c(C=O)c(=O)n(Cc2ccccc2)c2cc(N(C)C)ccc12)Cc1ccccc1B(O)O. The summed E-state index contributed by atoms with van der Waals surface area (Å²) in [7, 11) is 4.42. The third-order valence-corrected chi connectivity index (χ3v) is 7.98. The van der Waals surface area contributed by atoms with Crippen LogP contribution in [-0.4, -0.2) is 66.4 Å². The Morgan fingerprint density at radius 3 is 2.38 bits per heavy atom. The van der Waals surface area contributed by atoms with E-state index < -0.39 is 7.12 Å². The molecular weight excluding hydrogens is 509 g/mol. The van der Waals surface area contributed by atoms with E-state index in [1.165, 1.54) is 11.8 Å². The van der Waals surface area contributed by atoms with Crippen molar-refractivity contribution >= 4 is 47.2 Å². The van der Waals surface area contributed by atoms with E-state index in [4.69, 9.17) is 0 Å². The lowest BCUT2D eigenvalue weighted by atomic mass is 9.77. The van der Waals surface area contributed by atoms with Crippen LogP contribution in [0.1, 0.15) is 27.9 Å². The fourth-order valence-electron chi connectivity index (χ4n) is 4.70. The lowest BCUT2D eigenvalue weighted by Crippen LogP contribution is -2.35. The van der Waals surface area contributed by atoms with Crippen LogP contribution in [0, 0.1) is 0 Å². The maximum absolute atomic E-state index is 13.6. The Kier molecular flexibility index (Phi) is 9.64. The average molecular weight is 543 g/mol. The van der Waals surface area contributed by atoms with Gasteiger partial charge in [0, 0.05) is 36.6 Å². The smallest absolute Gasteiger partial charge is 0.423 e. The number of thioether (sulfide) groups is 1. The van der Waals surface area contributed by atoms with Gasteiger partial charge in [-0.1, -0.05) is 54.6 Å². The van der Waals surface area contributed by atoms with Gasteiger partial charge in [0.1, 0.15) is 0 Å². The van der Waals surface area contributed by atoms with Crippen molar-refractivity contribution in [1.82, 2.24) is 9.47 Å². The van der Waals surface area contributed by atoms with Gasteiger partial charge in [-0.2, -0.15) is 0 Å². The first kappa shape index (κ1) is 28.6. The fourth-order valence-corrected chi connectivity index (χ4v) is 5.80. The van der Waals surface area contributed by atoms with Crippen molar-refractivity contribution in [2.75, 3.05) is 38.3 Å². The monoisotopic (exact) mass is 543 g/mol. The van der Waals surface area contributed by atoms with E-state index in [-0.39, 0.29) is 11.1 Å². The maximum Gasteiger partial charge on any atom is 0.488 e. The number of carbonyl (C=O) groups is 1. The van der Waals surface area contributed by atoms with E-state index in [1.807, 2.05) is 86.7 Å². The molecule has 0 atom stereocenters. The summed E-state index contributed by atoms with van der Waals surface area (Å²) in [5, 5.41) is 20.2. The van der Waals surface area contributed by atoms with Crippen LogP contribution >= 0.6 is 11.8 Å². The van der Waals surface area contributed by atoms with Gasteiger partial charge >= 0.3 is 7.12 Å². The molecule has 2 N–H and O–H groups in total. The van der Waals surface area contributed by atoms with Crippen LogP contribution < -0.4 is 15.9 Å². The van der Waals surface area contributed by atoms with Crippen molar-refractivity contribution in [3.8, 4) is 0 Å². The molecule has 4 aromatic rings. The van der Waals surface area contributed by atoms with Gasteiger partial charge in [-0.15, -0.1) is 11.8 Å². The minimum Gasteiger partial charge on any atom is -0.423 e. The second-order valence-electron chi connectivity index (χ2n) is 9.85. The number of aldehydes is 1. The normalized spacial score (nSPS) is 11.2. The van der Waals surface area contributed by atoms with Crippen molar-refractivity contribution < 1.29 is 14.8 Å². The molecule has 9 heteroatoms. The van der Waals surface area contributed by atoms with Crippen LogP contribution in [0.15, 0.2) is 82.5 Å². The van der Waals surface area contributed by atoms with E-state index in [9.17, 15) is 19.6 Å². The van der Waals surface area contributed by atoms with Gasteiger partial charge in [-0.3, -0.25) is 9.59 Å². The Morgan fingerprint density at radius 2 is 1.69 bits per heavy atom. The highest BCUT2D eigenvalue weighted by atomic mass is 32.2. The first-order chi connectivity index (χ1) is 18.8. The number of nitrogens with zero attached hydrogens (tertiary/aromatic N) is 3. The van der Waals surface area contributed by atoms with Gasteiger partial charge in [0.05, 0.1) is 17.6 Å². The summed E-state index contributed by atoms with van der Waals surface area (Å²) in [4.78, 5) is 30.7. The Morgan fingerprint density at radius 1 is 0.974 bits per heavy atom. The summed E-state index contributed by atoms with van der Waals surface area (Å²) in [5.74, 6) is 0.724. The summed E-state index contributed by atoms with van der Waals surface area (Å²) in [6.45, 7) is 1.74. The van der Waals surface area contributed by atoms with Gasteiger partial charge < -0.3 is 24.4 Å². The first-order valence-corrected chi connectivity index (χ1v) is 13.9. The number of carbonyl (C=O) groups excluding carboxylic acids is 1. The van der Waals surface area contributed by atoms with Crippen molar-refractivity contribution in [2.45, 2.75) is 24.4 Å². The van der Waals surface area contributed by atoms with Crippen LogP contribution in [0.25, 0.3) is 10.9 Å². The number of aromatic nitrogens is 1. The zero-order valence-corrected chi connectivity index (χ0v) is 23.4. The number of hydrogen-bond acceptors (Lipinski definition) is 7. The van der Waals surface area contributed by atoms with E-state index in [1.54, 1.807) is 16.7 Å². The topological polar surface area (TPSA) is 86.0 Å². The molecule has 0 aliphatic heterocycles. The molecule has 0 fully saturated rings. The summed E-state index contributed by atoms with van der Waals surface area (Å²) >= 11 is 1.54. The highest BCUT2D eigenvalue weighted by molar-refractivity contribution is 7.99. The summed E-state index contributed by atoms with van der Waals surface area (Å²) in [6, 6.07) is 23.1. The zero-order valence-electron chi connectivity index (χ0n) is 22.6. The van der Waals surface area contributed by atoms with E-state index in [0.717, 1.165) is 51.3 Å². The number of anilines is 1. The first-order valence-electron chi connectivity index (χ1n) is 12.9. The van der Waals surface area contributed by atoms with Crippen molar-refractivity contribution in [3.63, 3.8) is 0 Å². The average Bonchev–Trinajstić information content (AvgIpc) is 2.93. The Bertz CT molecular complexity index is 1490. The number of hydrogen-bond donors (Lipinski definition) is 2. The molecule has 4 rings (SSSR count). The summed E-state index contributed by atoms with van der Waals surface area (Å²) in [5.41, 5.74) is 4.07. The van der Waals surface area contributed by atoms with Crippen LogP contribution in [0.5, 0.6) is 0 Å². The molecular formula is C30H34BN3O4S. The molecule has 0 bridgehead atoms. The van der Waals surface area contributed by atoms with Gasteiger partial charge in [0.25, 0.3) is 5.56 Å². The number of benzene rings is 3. The lowest BCUT2D eigenvalue weighted by molar-refractivity contribution is 0.111. The second-order valence-corrected chi connectivity index (χ2v) is 11.0. The standard InChI is InChI=1S/C30H34BN3O4S/c1-32(2)24-14-15-25-28(18-24)34(19-22-10-5-4-6-11-22)30(36)26(21-35)29(25)39-17-9-16-33(3)20-23-12-7-8-13-27(23)31(37)38/h4-8,10-15,18,21,37-38H,9,16-17,19-20H2,1-3H3. The maximum atomic E-state index is 13.6. The van der Waals surface area contributed by atoms with Crippen molar-refractivity contribution in [1.29, 1.82) is 0 Å². The van der Waals surface area contributed by atoms with Crippen LogP contribution in [0.3, 0.4) is 0 Å². The number of pyridine rings is 1. The largest absolute Gasteiger partial charge is 0.488 e. The molecule has 0 saturated carbocycles. The van der Waals surface area contributed by atoms with Crippen LogP contribution in [0.4, 0.5) is 5.69 Å². The minimum absolute atomic E-state index is 0.195. The Labute approximate surface area is 233 Å². The highest BCUT2D eigenvalue weighted by Gasteiger charge is 2.19. The predicted molar refractivity (Wildman–Crippen MR) is 161 cm³/mol. The molecule has 202 valence electrons. The molecule has 1 heterocycles. The molecule has 39 heavy (non-hydrogen) atoms. The molecule has 0 radical (unpaired) electrons. The third kappa shape index (κ3) is 6.80. The van der Waals surface area contributed by atoms with Gasteiger partial charge in [0.2, 0.25) is 0 Å².